The second-order valence-corrected chi connectivity index (χ2v) is 7.99. The second-order valence-electron chi connectivity index (χ2n) is 7.99. The van der Waals surface area contributed by atoms with Crippen LogP contribution in [0.1, 0.15) is 36.6 Å². The Kier molecular flexibility index (Phi) is 4.61. The highest BCUT2D eigenvalue weighted by Gasteiger charge is 2.28. The number of likely N-dealkylation sites (tertiary alicyclic amines) is 1. The van der Waals surface area contributed by atoms with Crippen LogP contribution in [0.15, 0.2) is 48.5 Å². The van der Waals surface area contributed by atoms with E-state index in [-0.39, 0.29) is 5.91 Å². The molecule has 1 amide bonds. The molecule has 1 unspecified atom stereocenters. The third-order valence-corrected chi connectivity index (χ3v) is 6.07. The first-order valence-electron chi connectivity index (χ1n) is 10.3. The van der Waals surface area contributed by atoms with Gasteiger partial charge in [0, 0.05) is 24.7 Å². The van der Waals surface area contributed by atoms with E-state index < -0.39 is 0 Å². The van der Waals surface area contributed by atoms with E-state index in [9.17, 15) is 4.79 Å². The number of anilines is 1. The van der Waals surface area contributed by atoms with E-state index >= 15 is 0 Å². The van der Waals surface area contributed by atoms with Crippen molar-refractivity contribution in [3.05, 3.63) is 59.9 Å². The predicted molar refractivity (Wildman–Crippen MR) is 112 cm³/mol. The number of nitrogens with zero attached hydrogens (tertiary/aromatic N) is 3. The standard InChI is InChI=1S/C23H26N4O/c28-22(27-14-6-8-17-7-1-4-12-21(17)27)16-26-13-5-9-18(15-26)23-24-19-10-2-3-11-20(19)25-23/h1-4,7,10-12,18H,5-6,8-9,13-16H2,(H,24,25). The van der Waals surface area contributed by atoms with Crippen molar-refractivity contribution in [2.24, 2.45) is 0 Å². The molecular weight excluding hydrogens is 348 g/mol. The summed E-state index contributed by atoms with van der Waals surface area (Å²) in [5, 5.41) is 0. The van der Waals surface area contributed by atoms with Gasteiger partial charge in [-0.2, -0.15) is 0 Å². The van der Waals surface area contributed by atoms with Crippen LogP contribution in [0.25, 0.3) is 11.0 Å². The number of nitrogens with one attached hydrogen (secondary N) is 1. The van der Waals surface area contributed by atoms with E-state index in [1.54, 1.807) is 0 Å². The van der Waals surface area contributed by atoms with Gasteiger partial charge in [-0.15, -0.1) is 0 Å². The molecule has 1 atom stereocenters. The third-order valence-electron chi connectivity index (χ3n) is 6.07. The molecule has 3 aromatic rings. The maximum absolute atomic E-state index is 13.1. The van der Waals surface area contributed by atoms with E-state index in [4.69, 9.17) is 4.98 Å². The van der Waals surface area contributed by atoms with Gasteiger partial charge in [-0.05, 0) is 56.0 Å². The Morgan fingerprint density at radius 2 is 1.93 bits per heavy atom. The summed E-state index contributed by atoms with van der Waals surface area (Å²) in [6, 6.07) is 16.5. The fourth-order valence-corrected chi connectivity index (χ4v) is 4.66. The number of hydrogen-bond donors (Lipinski definition) is 1. The van der Waals surface area contributed by atoms with Gasteiger partial charge in [-0.25, -0.2) is 4.98 Å². The molecular formula is C23H26N4O. The van der Waals surface area contributed by atoms with Gasteiger partial charge in [0.05, 0.1) is 17.6 Å². The van der Waals surface area contributed by atoms with Crippen LogP contribution in [0.3, 0.4) is 0 Å². The zero-order chi connectivity index (χ0) is 18.9. The van der Waals surface area contributed by atoms with Gasteiger partial charge in [-0.1, -0.05) is 30.3 Å². The number of carbonyl (C=O) groups excluding carboxylic acids is 1. The Bertz CT molecular complexity index is 962. The zero-order valence-electron chi connectivity index (χ0n) is 16.1. The Hall–Kier alpha value is -2.66. The minimum atomic E-state index is 0.220. The summed E-state index contributed by atoms with van der Waals surface area (Å²) >= 11 is 0. The van der Waals surface area contributed by atoms with Gasteiger partial charge in [0.25, 0.3) is 0 Å². The summed E-state index contributed by atoms with van der Waals surface area (Å²) in [5.41, 5.74) is 4.51. The lowest BCUT2D eigenvalue weighted by Crippen LogP contribution is -2.45. The Balaban J connectivity index is 1.29. The minimum absolute atomic E-state index is 0.220. The van der Waals surface area contributed by atoms with Crippen molar-refractivity contribution in [3.63, 3.8) is 0 Å². The van der Waals surface area contributed by atoms with Crippen molar-refractivity contribution >= 4 is 22.6 Å². The first-order chi connectivity index (χ1) is 13.8. The monoisotopic (exact) mass is 374 g/mol. The number of aryl methyl sites for hydroxylation is 1. The molecule has 3 heterocycles. The molecule has 5 rings (SSSR count). The van der Waals surface area contributed by atoms with Crippen LogP contribution in [0.5, 0.6) is 0 Å². The molecule has 0 spiro atoms. The number of rotatable bonds is 3. The molecule has 0 aliphatic carbocycles. The number of aromatic amines is 1. The number of aromatic nitrogens is 2. The summed E-state index contributed by atoms with van der Waals surface area (Å²) in [6.07, 6.45) is 4.34. The summed E-state index contributed by atoms with van der Waals surface area (Å²) in [5.74, 6) is 1.64. The third kappa shape index (κ3) is 3.31. The highest BCUT2D eigenvalue weighted by molar-refractivity contribution is 5.96. The van der Waals surface area contributed by atoms with Crippen LogP contribution in [-0.4, -0.2) is 47.0 Å². The minimum Gasteiger partial charge on any atom is -0.342 e. The van der Waals surface area contributed by atoms with Crippen molar-refractivity contribution in [1.29, 1.82) is 0 Å². The number of amides is 1. The quantitative estimate of drug-likeness (QED) is 0.760. The molecule has 1 N–H and O–H groups in total. The number of carbonyl (C=O) groups is 1. The van der Waals surface area contributed by atoms with E-state index in [1.807, 2.05) is 29.2 Å². The number of imidazole rings is 1. The second kappa shape index (κ2) is 7.40. The van der Waals surface area contributed by atoms with Gasteiger partial charge < -0.3 is 9.88 Å². The van der Waals surface area contributed by atoms with Gasteiger partial charge in [0.2, 0.25) is 5.91 Å². The Morgan fingerprint density at radius 1 is 1.07 bits per heavy atom. The zero-order valence-corrected chi connectivity index (χ0v) is 16.1. The number of fused-ring (bicyclic) bond motifs is 2. The number of H-pyrrole nitrogens is 1. The molecule has 5 nitrogen and oxygen atoms in total. The lowest BCUT2D eigenvalue weighted by Gasteiger charge is -2.35. The normalized spacial score (nSPS) is 20.3. The molecule has 5 heteroatoms. The summed E-state index contributed by atoms with van der Waals surface area (Å²) in [4.78, 5) is 25.6. The highest BCUT2D eigenvalue weighted by atomic mass is 16.2. The lowest BCUT2D eigenvalue weighted by molar-refractivity contribution is -0.120. The van der Waals surface area contributed by atoms with Crippen LogP contribution in [0.2, 0.25) is 0 Å². The van der Waals surface area contributed by atoms with Crippen LogP contribution < -0.4 is 4.90 Å². The molecule has 1 saturated heterocycles. The van der Waals surface area contributed by atoms with E-state index in [2.05, 4.69) is 34.1 Å². The number of benzene rings is 2. The topological polar surface area (TPSA) is 52.2 Å². The maximum atomic E-state index is 13.1. The molecule has 1 aromatic heterocycles. The average molecular weight is 374 g/mol. The summed E-state index contributed by atoms with van der Waals surface area (Å²) < 4.78 is 0. The van der Waals surface area contributed by atoms with Gasteiger partial charge in [-0.3, -0.25) is 9.69 Å². The number of para-hydroxylation sites is 3. The van der Waals surface area contributed by atoms with E-state index in [1.165, 1.54) is 5.56 Å². The molecule has 28 heavy (non-hydrogen) atoms. The van der Waals surface area contributed by atoms with Crippen molar-refractivity contribution in [2.75, 3.05) is 31.1 Å². The highest BCUT2D eigenvalue weighted by Crippen LogP contribution is 2.29. The SMILES string of the molecule is O=C(CN1CCCC(c2nc3ccccc3[nH]2)C1)N1CCCc2ccccc21. The fraction of sp³-hybridized carbons (Fsp3) is 0.391. The van der Waals surface area contributed by atoms with Crippen molar-refractivity contribution < 1.29 is 4.79 Å². The fourth-order valence-electron chi connectivity index (χ4n) is 4.66. The molecule has 2 aliphatic heterocycles. The molecule has 0 bridgehead atoms. The molecule has 0 radical (unpaired) electrons. The average Bonchev–Trinajstić information content (AvgIpc) is 3.18. The van der Waals surface area contributed by atoms with Crippen LogP contribution in [0.4, 0.5) is 5.69 Å². The van der Waals surface area contributed by atoms with Crippen molar-refractivity contribution in [1.82, 2.24) is 14.9 Å². The smallest absolute Gasteiger partial charge is 0.241 e. The lowest BCUT2D eigenvalue weighted by atomic mass is 9.97. The summed E-state index contributed by atoms with van der Waals surface area (Å²) in [7, 11) is 0. The molecule has 1 fully saturated rings. The van der Waals surface area contributed by atoms with Gasteiger partial charge >= 0.3 is 0 Å². The van der Waals surface area contributed by atoms with E-state index in [0.717, 1.165) is 67.9 Å². The Morgan fingerprint density at radius 3 is 2.86 bits per heavy atom. The van der Waals surface area contributed by atoms with Crippen LogP contribution in [-0.2, 0) is 11.2 Å². The predicted octanol–water partition coefficient (Wildman–Crippen LogP) is 3.72. The number of hydrogen-bond acceptors (Lipinski definition) is 3. The maximum Gasteiger partial charge on any atom is 0.241 e. The number of piperidine rings is 1. The van der Waals surface area contributed by atoms with E-state index in [0.29, 0.717) is 12.5 Å². The Labute approximate surface area is 165 Å². The van der Waals surface area contributed by atoms with Crippen LogP contribution >= 0.6 is 0 Å². The van der Waals surface area contributed by atoms with Gasteiger partial charge in [0.1, 0.15) is 5.82 Å². The van der Waals surface area contributed by atoms with Crippen molar-refractivity contribution in [3.8, 4) is 0 Å². The van der Waals surface area contributed by atoms with Crippen LogP contribution in [0, 0.1) is 0 Å². The van der Waals surface area contributed by atoms with Crippen molar-refractivity contribution in [2.45, 2.75) is 31.6 Å². The molecule has 144 valence electrons. The van der Waals surface area contributed by atoms with Gasteiger partial charge in [0.15, 0.2) is 0 Å². The molecule has 2 aliphatic rings. The summed E-state index contributed by atoms with van der Waals surface area (Å²) in [6.45, 7) is 3.20. The largest absolute Gasteiger partial charge is 0.342 e. The molecule has 2 aromatic carbocycles. The first-order valence-corrected chi connectivity index (χ1v) is 10.3. The molecule has 0 saturated carbocycles. The first kappa shape index (κ1) is 17.4.